The van der Waals surface area contributed by atoms with Gasteiger partial charge in [-0.05, 0) is 39.2 Å². The minimum atomic E-state index is -0.242. The zero-order chi connectivity index (χ0) is 15.5. The van der Waals surface area contributed by atoms with Crippen molar-refractivity contribution in [1.82, 2.24) is 20.2 Å². The van der Waals surface area contributed by atoms with Crippen LogP contribution in [0.25, 0.3) is 0 Å². The number of amides is 1. The van der Waals surface area contributed by atoms with E-state index in [9.17, 15) is 4.79 Å². The van der Waals surface area contributed by atoms with Crippen LogP contribution < -0.4 is 10.2 Å². The molecule has 1 saturated heterocycles. The highest BCUT2D eigenvalue weighted by atomic mass is 16.1. The number of hydrogen-bond acceptors (Lipinski definition) is 5. The van der Waals surface area contributed by atoms with Crippen molar-refractivity contribution in [3.63, 3.8) is 0 Å². The van der Waals surface area contributed by atoms with Gasteiger partial charge in [0.05, 0.1) is 17.1 Å². The Morgan fingerprint density at radius 3 is 2.73 bits per heavy atom. The minimum Gasteiger partial charge on any atom is -0.341 e. The smallest absolute Gasteiger partial charge is 0.274 e. The molecule has 3 heterocycles. The average Bonchev–Trinajstić information content (AvgIpc) is 2.88. The summed E-state index contributed by atoms with van der Waals surface area (Å²) in [5, 5.41) is 9.79. The molecule has 1 aliphatic rings. The predicted molar refractivity (Wildman–Crippen MR) is 84.1 cm³/mol. The molecule has 22 heavy (non-hydrogen) atoms. The number of carbonyl (C=O) groups is 1. The third-order valence-corrected chi connectivity index (χ3v) is 3.88. The van der Waals surface area contributed by atoms with Crippen molar-refractivity contribution in [3.8, 4) is 0 Å². The Hall–Kier alpha value is -2.44. The SMILES string of the molecule is Cc1n[nH]c(C)c1NC(=O)c1ccnc(N2CCCCC2)n1. The van der Waals surface area contributed by atoms with Gasteiger partial charge in [0.2, 0.25) is 5.95 Å². The molecule has 2 aromatic rings. The molecule has 2 N–H and O–H groups in total. The molecule has 2 aromatic heterocycles. The Balaban J connectivity index is 1.78. The summed E-state index contributed by atoms with van der Waals surface area (Å²) in [6.07, 6.45) is 5.18. The van der Waals surface area contributed by atoms with E-state index in [0.717, 1.165) is 37.3 Å². The molecule has 0 radical (unpaired) electrons. The maximum absolute atomic E-state index is 12.4. The maximum atomic E-state index is 12.4. The molecule has 3 rings (SSSR count). The molecule has 0 atom stereocenters. The van der Waals surface area contributed by atoms with Crippen LogP contribution in [0.2, 0.25) is 0 Å². The number of anilines is 2. The fraction of sp³-hybridized carbons (Fsp3) is 0.467. The van der Waals surface area contributed by atoms with Crippen LogP contribution in [0.5, 0.6) is 0 Å². The van der Waals surface area contributed by atoms with Gasteiger partial charge in [0.25, 0.3) is 5.91 Å². The van der Waals surface area contributed by atoms with E-state index < -0.39 is 0 Å². The van der Waals surface area contributed by atoms with Crippen molar-refractivity contribution >= 4 is 17.5 Å². The van der Waals surface area contributed by atoms with Crippen LogP contribution in [0.1, 0.15) is 41.1 Å². The quantitative estimate of drug-likeness (QED) is 0.906. The van der Waals surface area contributed by atoms with E-state index in [1.165, 1.54) is 6.42 Å². The molecule has 1 aliphatic heterocycles. The maximum Gasteiger partial charge on any atom is 0.274 e. The lowest BCUT2D eigenvalue weighted by atomic mass is 10.1. The second-order valence-corrected chi connectivity index (χ2v) is 5.55. The molecule has 0 aromatic carbocycles. The van der Waals surface area contributed by atoms with Crippen molar-refractivity contribution in [1.29, 1.82) is 0 Å². The molecule has 0 aliphatic carbocycles. The highest BCUT2D eigenvalue weighted by Crippen LogP contribution is 2.18. The van der Waals surface area contributed by atoms with E-state index in [-0.39, 0.29) is 5.91 Å². The molecular weight excluding hydrogens is 280 g/mol. The van der Waals surface area contributed by atoms with E-state index >= 15 is 0 Å². The normalized spacial score (nSPS) is 14.9. The van der Waals surface area contributed by atoms with Gasteiger partial charge in [0.15, 0.2) is 0 Å². The second-order valence-electron chi connectivity index (χ2n) is 5.55. The first kappa shape index (κ1) is 14.5. The third-order valence-electron chi connectivity index (χ3n) is 3.88. The van der Waals surface area contributed by atoms with Gasteiger partial charge in [-0.1, -0.05) is 0 Å². The average molecular weight is 300 g/mol. The first-order valence-electron chi connectivity index (χ1n) is 7.56. The zero-order valence-corrected chi connectivity index (χ0v) is 12.9. The first-order chi connectivity index (χ1) is 10.6. The summed E-state index contributed by atoms with van der Waals surface area (Å²) >= 11 is 0. The van der Waals surface area contributed by atoms with Crippen molar-refractivity contribution in [2.75, 3.05) is 23.3 Å². The molecule has 7 nitrogen and oxygen atoms in total. The van der Waals surface area contributed by atoms with Gasteiger partial charge in [-0.2, -0.15) is 5.10 Å². The topological polar surface area (TPSA) is 86.8 Å². The first-order valence-corrected chi connectivity index (χ1v) is 7.56. The van der Waals surface area contributed by atoms with E-state index in [4.69, 9.17) is 0 Å². The summed E-state index contributed by atoms with van der Waals surface area (Å²) < 4.78 is 0. The van der Waals surface area contributed by atoms with Crippen LogP contribution in [0.15, 0.2) is 12.3 Å². The Morgan fingerprint density at radius 2 is 2.05 bits per heavy atom. The summed E-state index contributed by atoms with van der Waals surface area (Å²) in [5.41, 5.74) is 2.67. The molecule has 0 saturated carbocycles. The summed E-state index contributed by atoms with van der Waals surface area (Å²) in [7, 11) is 0. The van der Waals surface area contributed by atoms with Gasteiger partial charge < -0.3 is 10.2 Å². The fourth-order valence-corrected chi connectivity index (χ4v) is 2.63. The number of carbonyl (C=O) groups excluding carboxylic acids is 1. The standard InChI is InChI=1S/C15H20N6O/c1-10-13(11(2)20-19-10)18-14(22)12-6-7-16-15(17-12)21-8-4-3-5-9-21/h6-7H,3-5,8-9H2,1-2H3,(H,18,22)(H,19,20). The van der Waals surface area contributed by atoms with Crippen LogP contribution in [-0.2, 0) is 0 Å². The summed E-state index contributed by atoms with van der Waals surface area (Å²) in [6, 6.07) is 1.63. The number of nitrogens with one attached hydrogen (secondary N) is 2. The second kappa shape index (κ2) is 6.13. The van der Waals surface area contributed by atoms with Crippen LogP contribution in [-0.4, -0.2) is 39.2 Å². The largest absolute Gasteiger partial charge is 0.341 e. The van der Waals surface area contributed by atoms with Gasteiger partial charge >= 0.3 is 0 Å². The molecule has 0 bridgehead atoms. The lowest BCUT2D eigenvalue weighted by molar-refractivity contribution is 0.102. The minimum absolute atomic E-state index is 0.242. The van der Waals surface area contributed by atoms with Gasteiger partial charge in [-0.3, -0.25) is 9.89 Å². The van der Waals surface area contributed by atoms with Gasteiger partial charge in [0.1, 0.15) is 5.69 Å². The molecule has 7 heteroatoms. The highest BCUT2D eigenvalue weighted by molar-refractivity contribution is 6.03. The van der Waals surface area contributed by atoms with Crippen molar-refractivity contribution in [3.05, 3.63) is 29.3 Å². The number of piperidine rings is 1. The van der Waals surface area contributed by atoms with Crippen molar-refractivity contribution in [2.24, 2.45) is 0 Å². The number of aromatic nitrogens is 4. The zero-order valence-electron chi connectivity index (χ0n) is 12.9. The van der Waals surface area contributed by atoms with E-state index in [0.29, 0.717) is 17.3 Å². The molecule has 1 amide bonds. The summed E-state index contributed by atoms with van der Waals surface area (Å²) in [5.74, 6) is 0.390. The van der Waals surface area contributed by atoms with E-state index in [1.807, 2.05) is 13.8 Å². The molecule has 0 spiro atoms. The van der Waals surface area contributed by atoms with Gasteiger partial charge in [-0.25, -0.2) is 9.97 Å². The molecule has 1 fully saturated rings. The Morgan fingerprint density at radius 1 is 1.27 bits per heavy atom. The lowest BCUT2D eigenvalue weighted by Gasteiger charge is -2.26. The number of nitrogens with zero attached hydrogens (tertiary/aromatic N) is 4. The van der Waals surface area contributed by atoms with Crippen molar-refractivity contribution in [2.45, 2.75) is 33.1 Å². The Labute approximate surface area is 129 Å². The van der Waals surface area contributed by atoms with Crippen LogP contribution in [0.3, 0.4) is 0 Å². The summed E-state index contributed by atoms with van der Waals surface area (Å²) in [6.45, 7) is 5.61. The van der Waals surface area contributed by atoms with Gasteiger partial charge in [-0.15, -0.1) is 0 Å². The Kier molecular flexibility index (Phi) is 4.04. The van der Waals surface area contributed by atoms with E-state index in [1.54, 1.807) is 12.3 Å². The predicted octanol–water partition coefficient (Wildman–Crippen LogP) is 2.06. The number of aromatic amines is 1. The lowest BCUT2D eigenvalue weighted by Crippen LogP contribution is -2.31. The number of aryl methyl sites for hydroxylation is 2. The van der Waals surface area contributed by atoms with Crippen LogP contribution >= 0.6 is 0 Å². The number of H-pyrrole nitrogens is 1. The van der Waals surface area contributed by atoms with Crippen LogP contribution in [0.4, 0.5) is 11.6 Å². The number of hydrogen-bond donors (Lipinski definition) is 2. The fourth-order valence-electron chi connectivity index (χ4n) is 2.63. The molecule has 116 valence electrons. The Bertz CT molecular complexity index is 655. The number of rotatable bonds is 3. The van der Waals surface area contributed by atoms with E-state index in [2.05, 4.69) is 30.4 Å². The van der Waals surface area contributed by atoms with Gasteiger partial charge in [0, 0.05) is 19.3 Å². The van der Waals surface area contributed by atoms with Crippen molar-refractivity contribution < 1.29 is 4.79 Å². The highest BCUT2D eigenvalue weighted by Gasteiger charge is 2.17. The third kappa shape index (κ3) is 2.93. The summed E-state index contributed by atoms with van der Waals surface area (Å²) in [4.78, 5) is 23.2. The van der Waals surface area contributed by atoms with Crippen LogP contribution in [0, 0.1) is 13.8 Å². The molecule has 0 unspecified atom stereocenters. The molecular formula is C15H20N6O. The monoisotopic (exact) mass is 300 g/mol.